The van der Waals surface area contributed by atoms with Gasteiger partial charge in [-0.25, -0.2) is 0 Å². The zero-order valence-electron chi connectivity index (χ0n) is 7.36. The summed E-state index contributed by atoms with van der Waals surface area (Å²) in [5, 5.41) is 0. The van der Waals surface area contributed by atoms with Crippen LogP contribution in [0.4, 0.5) is 0 Å². The molecule has 0 N–H and O–H groups in total. The lowest BCUT2D eigenvalue weighted by molar-refractivity contribution is 0.367. The van der Waals surface area contributed by atoms with Crippen molar-refractivity contribution in [2.24, 2.45) is 0 Å². The van der Waals surface area contributed by atoms with E-state index in [1.807, 2.05) is 25.1 Å². The summed E-state index contributed by atoms with van der Waals surface area (Å²) < 4.78 is 5.31. The Morgan fingerprint density at radius 1 is 1.33 bits per heavy atom. The van der Waals surface area contributed by atoms with Crippen LogP contribution in [0.2, 0.25) is 0 Å². The Hall–Kier alpha value is -0.863. The monoisotopic (exact) mass is 178 g/mol. The molecule has 0 atom stereocenters. The van der Waals surface area contributed by atoms with Crippen molar-refractivity contribution >= 4 is 15.8 Å². The van der Waals surface area contributed by atoms with Crippen LogP contribution in [0.25, 0.3) is 6.08 Å². The van der Waals surface area contributed by atoms with E-state index in [1.165, 1.54) is 5.56 Å². The molecule has 1 nitrogen and oxygen atoms in total. The van der Waals surface area contributed by atoms with Gasteiger partial charge in [-0.15, -0.1) is 0 Å². The highest BCUT2D eigenvalue weighted by Gasteiger charge is 1.82. The molecule has 1 rings (SSSR count). The number of benzene rings is 1. The van der Waals surface area contributed by atoms with Crippen LogP contribution in [0.15, 0.2) is 36.0 Å². The summed E-state index contributed by atoms with van der Waals surface area (Å²) in [5.74, 6) is 0. The van der Waals surface area contributed by atoms with Crippen molar-refractivity contribution in [2.75, 3.05) is 6.61 Å². The van der Waals surface area contributed by atoms with Crippen LogP contribution < -0.4 is 0 Å². The van der Waals surface area contributed by atoms with E-state index in [9.17, 15) is 0 Å². The fourth-order valence-electron chi connectivity index (χ4n) is 0.934. The molecule has 0 aliphatic carbocycles. The summed E-state index contributed by atoms with van der Waals surface area (Å²) in [7, 11) is -0.413. The summed E-state index contributed by atoms with van der Waals surface area (Å²) in [6.45, 7) is 2.87. The predicted molar refractivity (Wildman–Crippen MR) is 55.6 cm³/mol. The quantitative estimate of drug-likeness (QED) is 0.504. The molecule has 0 saturated carbocycles. The number of hydrogen-bond acceptors (Lipinski definition) is 1. The van der Waals surface area contributed by atoms with E-state index in [-0.39, 0.29) is 0 Å². The first kappa shape index (κ1) is 9.23. The molecule has 1 aromatic carbocycles. The fraction of sp³-hybridized carbons (Fsp3) is 0.200. The van der Waals surface area contributed by atoms with Crippen molar-refractivity contribution in [3.05, 3.63) is 41.6 Å². The Kier molecular flexibility index (Phi) is 4.42. The maximum absolute atomic E-state index is 5.31. The molecule has 0 amide bonds. The summed E-state index contributed by atoms with van der Waals surface area (Å²) in [4.78, 5) is 0. The van der Waals surface area contributed by atoms with Crippen molar-refractivity contribution < 1.29 is 4.43 Å². The number of rotatable bonds is 4. The largest absolute Gasteiger partial charge is 0.419 e. The van der Waals surface area contributed by atoms with Gasteiger partial charge in [0.15, 0.2) is 9.76 Å². The normalized spacial score (nSPS) is 11.8. The Labute approximate surface area is 76.0 Å². The summed E-state index contributed by atoms with van der Waals surface area (Å²) in [5.41, 5.74) is 3.42. The standard InChI is InChI=1S/C10H14OSi/c1-2-11-12-9-8-10-6-4-3-5-7-10/h3-9H,2,12H2,1H3/b9-8+. The zero-order valence-corrected chi connectivity index (χ0v) is 8.78. The van der Waals surface area contributed by atoms with Crippen LogP contribution in [0.1, 0.15) is 12.5 Å². The van der Waals surface area contributed by atoms with E-state index in [0.717, 1.165) is 6.61 Å². The highest BCUT2D eigenvalue weighted by Crippen LogP contribution is 1.99. The van der Waals surface area contributed by atoms with Gasteiger partial charge < -0.3 is 4.43 Å². The SMILES string of the molecule is CCO[SiH2]/C=C/c1ccccc1. The van der Waals surface area contributed by atoms with Gasteiger partial charge in [-0.3, -0.25) is 0 Å². The molecule has 0 aliphatic rings. The van der Waals surface area contributed by atoms with Gasteiger partial charge in [0.2, 0.25) is 0 Å². The molecule has 0 unspecified atom stereocenters. The van der Waals surface area contributed by atoms with E-state index in [2.05, 4.69) is 23.9 Å². The van der Waals surface area contributed by atoms with Crippen molar-refractivity contribution in [2.45, 2.75) is 6.92 Å². The molecule has 0 aromatic heterocycles. The third-order valence-electron chi connectivity index (χ3n) is 1.53. The van der Waals surface area contributed by atoms with Gasteiger partial charge in [0, 0.05) is 6.61 Å². The maximum atomic E-state index is 5.31. The highest BCUT2D eigenvalue weighted by atomic mass is 28.2. The first-order chi connectivity index (χ1) is 5.93. The van der Waals surface area contributed by atoms with E-state index in [0.29, 0.717) is 0 Å². The van der Waals surface area contributed by atoms with Gasteiger partial charge in [0.1, 0.15) is 0 Å². The molecule has 0 radical (unpaired) electrons. The highest BCUT2D eigenvalue weighted by molar-refractivity contribution is 6.35. The molecular formula is C10H14OSi. The average molecular weight is 178 g/mol. The van der Waals surface area contributed by atoms with Crippen molar-refractivity contribution in [1.29, 1.82) is 0 Å². The molecule has 64 valence electrons. The average Bonchev–Trinajstić information content (AvgIpc) is 2.14. The Balaban J connectivity index is 2.36. The molecule has 0 saturated heterocycles. The topological polar surface area (TPSA) is 9.23 Å². The second-order valence-corrected chi connectivity index (χ2v) is 3.69. The van der Waals surface area contributed by atoms with E-state index in [4.69, 9.17) is 4.43 Å². The van der Waals surface area contributed by atoms with Gasteiger partial charge in [-0.2, -0.15) is 0 Å². The van der Waals surface area contributed by atoms with E-state index < -0.39 is 9.76 Å². The molecule has 1 aromatic rings. The summed E-state index contributed by atoms with van der Waals surface area (Å²) in [6, 6.07) is 10.3. The zero-order chi connectivity index (χ0) is 8.65. The molecular weight excluding hydrogens is 164 g/mol. The molecule has 0 aliphatic heterocycles. The van der Waals surface area contributed by atoms with Crippen LogP contribution in [0, 0.1) is 0 Å². The minimum absolute atomic E-state index is 0.413. The molecule has 0 spiro atoms. The van der Waals surface area contributed by atoms with Gasteiger partial charge >= 0.3 is 0 Å². The van der Waals surface area contributed by atoms with Crippen LogP contribution >= 0.6 is 0 Å². The minimum Gasteiger partial charge on any atom is -0.419 e. The maximum Gasteiger partial charge on any atom is 0.185 e. The lowest BCUT2D eigenvalue weighted by Gasteiger charge is -1.93. The van der Waals surface area contributed by atoms with Gasteiger partial charge in [0.05, 0.1) is 0 Å². The Morgan fingerprint density at radius 3 is 2.75 bits per heavy atom. The third kappa shape index (κ3) is 3.51. The number of hydrogen-bond donors (Lipinski definition) is 0. The van der Waals surface area contributed by atoms with E-state index >= 15 is 0 Å². The van der Waals surface area contributed by atoms with Crippen LogP contribution in [-0.4, -0.2) is 16.4 Å². The fourth-order valence-corrected chi connectivity index (χ4v) is 1.67. The van der Waals surface area contributed by atoms with Gasteiger partial charge in [-0.05, 0) is 12.5 Å². The molecule has 2 heteroatoms. The molecule has 12 heavy (non-hydrogen) atoms. The first-order valence-electron chi connectivity index (χ1n) is 4.23. The predicted octanol–water partition coefficient (Wildman–Crippen LogP) is 1.78. The van der Waals surface area contributed by atoms with Crippen LogP contribution in [0.5, 0.6) is 0 Å². The summed E-state index contributed by atoms with van der Waals surface area (Å²) in [6.07, 6.45) is 2.13. The van der Waals surface area contributed by atoms with Crippen molar-refractivity contribution in [1.82, 2.24) is 0 Å². The van der Waals surface area contributed by atoms with E-state index in [1.54, 1.807) is 0 Å². The van der Waals surface area contributed by atoms with Gasteiger partial charge in [-0.1, -0.05) is 42.1 Å². The van der Waals surface area contributed by atoms with Crippen molar-refractivity contribution in [3.63, 3.8) is 0 Å². The molecule has 0 bridgehead atoms. The third-order valence-corrected chi connectivity index (χ3v) is 2.60. The Bertz CT molecular complexity index is 231. The van der Waals surface area contributed by atoms with Gasteiger partial charge in [0.25, 0.3) is 0 Å². The van der Waals surface area contributed by atoms with Crippen molar-refractivity contribution in [3.8, 4) is 0 Å². The lowest BCUT2D eigenvalue weighted by atomic mass is 10.2. The Morgan fingerprint density at radius 2 is 2.08 bits per heavy atom. The first-order valence-corrected chi connectivity index (χ1v) is 5.62. The lowest BCUT2D eigenvalue weighted by Crippen LogP contribution is -1.92. The second kappa shape index (κ2) is 5.74. The van der Waals surface area contributed by atoms with Crippen LogP contribution in [-0.2, 0) is 4.43 Å². The second-order valence-electron chi connectivity index (χ2n) is 2.47. The van der Waals surface area contributed by atoms with Crippen LogP contribution in [0.3, 0.4) is 0 Å². The smallest absolute Gasteiger partial charge is 0.185 e. The molecule has 0 fully saturated rings. The summed E-state index contributed by atoms with van der Waals surface area (Å²) >= 11 is 0. The minimum atomic E-state index is -0.413. The molecule has 0 heterocycles.